The second-order valence-electron chi connectivity index (χ2n) is 5.73. The van der Waals surface area contributed by atoms with E-state index in [0.717, 1.165) is 17.1 Å². The van der Waals surface area contributed by atoms with Crippen LogP contribution >= 0.6 is 0 Å². The molecule has 0 saturated carbocycles. The third kappa shape index (κ3) is 2.64. The summed E-state index contributed by atoms with van der Waals surface area (Å²) >= 11 is 0. The Bertz CT molecular complexity index is 679. The highest BCUT2D eigenvalue weighted by Gasteiger charge is 2.27. The third-order valence-corrected chi connectivity index (χ3v) is 4.03. The number of aryl methyl sites for hydroxylation is 1. The van der Waals surface area contributed by atoms with Crippen LogP contribution in [-0.2, 0) is 4.74 Å². The Hall–Kier alpha value is -2.14. The maximum Gasteiger partial charge on any atom is 0.257 e. The molecule has 0 bridgehead atoms. The smallest absolute Gasteiger partial charge is 0.257 e. The highest BCUT2D eigenvalue weighted by Crippen LogP contribution is 2.20. The molecule has 0 radical (unpaired) electrons. The number of amides is 1. The SMILES string of the molecule is Cc1nn(-c2ccccc2)c(C)c1C(=O)N1CCOC(C)C1. The van der Waals surface area contributed by atoms with Gasteiger partial charge in [-0.3, -0.25) is 4.79 Å². The zero-order chi connectivity index (χ0) is 15.7. The van der Waals surface area contributed by atoms with Crippen LogP contribution in [0.5, 0.6) is 0 Å². The first-order chi connectivity index (χ1) is 10.6. The Morgan fingerprint density at radius 2 is 2.00 bits per heavy atom. The highest BCUT2D eigenvalue weighted by atomic mass is 16.5. The number of aromatic nitrogens is 2. The zero-order valence-electron chi connectivity index (χ0n) is 13.2. The van der Waals surface area contributed by atoms with Gasteiger partial charge in [-0.15, -0.1) is 0 Å². The molecule has 1 aliphatic heterocycles. The fourth-order valence-corrected chi connectivity index (χ4v) is 2.93. The molecule has 2 heterocycles. The summed E-state index contributed by atoms with van der Waals surface area (Å²) in [6.45, 7) is 7.70. The van der Waals surface area contributed by atoms with Crippen molar-refractivity contribution >= 4 is 5.91 Å². The van der Waals surface area contributed by atoms with Gasteiger partial charge in [-0.25, -0.2) is 4.68 Å². The average molecular weight is 299 g/mol. The van der Waals surface area contributed by atoms with Gasteiger partial charge in [0.05, 0.1) is 35.3 Å². The number of nitrogens with zero attached hydrogens (tertiary/aromatic N) is 3. The molecule has 1 aliphatic rings. The summed E-state index contributed by atoms with van der Waals surface area (Å²) in [6, 6.07) is 9.89. The summed E-state index contributed by atoms with van der Waals surface area (Å²) in [7, 11) is 0. The summed E-state index contributed by atoms with van der Waals surface area (Å²) in [6.07, 6.45) is 0.0856. The molecular formula is C17H21N3O2. The molecule has 0 N–H and O–H groups in total. The van der Waals surface area contributed by atoms with E-state index in [-0.39, 0.29) is 12.0 Å². The Kier molecular flexibility index (Phi) is 3.98. The summed E-state index contributed by atoms with van der Waals surface area (Å²) in [5.74, 6) is 0.0485. The van der Waals surface area contributed by atoms with Crippen molar-refractivity contribution in [2.24, 2.45) is 0 Å². The van der Waals surface area contributed by atoms with Crippen LogP contribution in [0.25, 0.3) is 5.69 Å². The number of hydrogen-bond acceptors (Lipinski definition) is 3. The van der Waals surface area contributed by atoms with Crippen molar-refractivity contribution in [3.05, 3.63) is 47.3 Å². The van der Waals surface area contributed by atoms with E-state index in [1.54, 1.807) is 0 Å². The van der Waals surface area contributed by atoms with Gasteiger partial charge in [-0.05, 0) is 32.9 Å². The van der Waals surface area contributed by atoms with E-state index in [9.17, 15) is 4.79 Å². The predicted octanol–water partition coefficient (Wildman–Crippen LogP) is 2.35. The van der Waals surface area contributed by atoms with Gasteiger partial charge in [-0.1, -0.05) is 18.2 Å². The monoisotopic (exact) mass is 299 g/mol. The normalized spacial score (nSPS) is 18.5. The average Bonchev–Trinajstić information content (AvgIpc) is 2.82. The minimum Gasteiger partial charge on any atom is -0.375 e. The predicted molar refractivity (Wildman–Crippen MR) is 84.4 cm³/mol. The van der Waals surface area contributed by atoms with Crippen molar-refractivity contribution in [1.29, 1.82) is 0 Å². The zero-order valence-corrected chi connectivity index (χ0v) is 13.2. The molecule has 22 heavy (non-hydrogen) atoms. The quantitative estimate of drug-likeness (QED) is 0.855. The third-order valence-electron chi connectivity index (χ3n) is 4.03. The van der Waals surface area contributed by atoms with Crippen LogP contribution < -0.4 is 0 Å². The molecule has 2 aromatic rings. The largest absolute Gasteiger partial charge is 0.375 e. The molecule has 5 heteroatoms. The maximum absolute atomic E-state index is 12.8. The van der Waals surface area contributed by atoms with E-state index < -0.39 is 0 Å². The van der Waals surface area contributed by atoms with Crippen LogP contribution in [0, 0.1) is 13.8 Å². The Balaban J connectivity index is 1.94. The number of carbonyl (C=O) groups is 1. The van der Waals surface area contributed by atoms with Crippen molar-refractivity contribution in [3.8, 4) is 5.69 Å². The van der Waals surface area contributed by atoms with E-state index in [2.05, 4.69) is 5.10 Å². The van der Waals surface area contributed by atoms with Crippen LogP contribution in [0.1, 0.15) is 28.7 Å². The van der Waals surface area contributed by atoms with Crippen molar-refractivity contribution in [2.45, 2.75) is 26.9 Å². The molecule has 1 aromatic heterocycles. The first-order valence-corrected chi connectivity index (χ1v) is 7.60. The molecule has 0 aliphatic carbocycles. The van der Waals surface area contributed by atoms with Gasteiger partial charge in [0.15, 0.2) is 0 Å². The van der Waals surface area contributed by atoms with E-state index in [1.807, 2.05) is 60.7 Å². The highest BCUT2D eigenvalue weighted by molar-refractivity contribution is 5.96. The van der Waals surface area contributed by atoms with Crippen molar-refractivity contribution in [1.82, 2.24) is 14.7 Å². The molecule has 5 nitrogen and oxygen atoms in total. The van der Waals surface area contributed by atoms with Gasteiger partial charge < -0.3 is 9.64 Å². The number of carbonyl (C=O) groups excluding carboxylic acids is 1. The Morgan fingerprint density at radius 1 is 1.27 bits per heavy atom. The lowest BCUT2D eigenvalue weighted by Gasteiger charge is -2.31. The number of hydrogen-bond donors (Lipinski definition) is 0. The Morgan fingerprint density at radius 3 is 2.68 bits per heavy atom. The molecular weight excluding hydrogens is 278 g/mol. The van der Waals surface area contributed by atoms with Crippen LogP contribution in [0.4, 0.5) is 0 Å². The number of para-hydroxylation sites is 1. The van der Waals surface area contributed by atoms with E-state index in [1.165, 1.54) is 0 Å². The summed E-state index contributed by atoms with van der Waals surface area (Å²) in [5.41, 5.74) is 3.33. The van der Waals surface area contributed by atoms with Crippen LogP contribution in [0.15, 0.2) is 30.3 Å². The van der Waals surface area contributed by atoms with E-state index in [0.29, 0.717) is 25.3 Å². The molecule has 1 saturated heterocycles. The fraction of sp³-hybridized carbons (Fsp3) is 0.412. The second kappa shape index (κ2) is 5.93. The number of rotatable bonds is 2. The molecule has 0 spiro atoms. The second-order valence-corrected chi connectivity index (χ2v) is 5.73. The summed E-state index contributed by atoms with van der Waals surface area (Å²) < 4.78 is 7.35. The number of ether oxygens (including phenoxy) is 1. The molecule has 1 amide bonds. The standard InChI is InChI=1S/C17H21N3O2/c1-12-11-19(9-10-22-12)17(21)16-13(2)18-20(14(16)3)15-7-5-4-6-8-15/h4-8,12H,9-11H2,1-3H3. The molecule has 116 valence electrons. The topological polar surface area (TPSA) is 47.4 Å². The van der Waals surface area contributed by atoms with Crippen LogP contribution in [0.2, 0.25) is 0 Å². The minimum atomic E-state index is 0.0485. The first-order valence-electron chi connectivity index (χ1n) is 7.60. The van der Waals surface area contributed by atoms with Gasteiger partial charge in [-0.2, -0.15) is 5.10 Å². The van der Waals surface area contributed by atoms with Crippen molar-refractivity contribution in [3.63, 3.8) is 0 Å². The number of benzene rings is 1. The lowest BCUT2D eigenvalue weighted by atomic mass is 10.1. The van der Waals surface area contributed by atoms with Crippen molar-refractivity contribution < 1.29 is 9.53 Å². The van der Waals surface area contributed by atoms with Crippen LogP contribution in [-0.4, -0.2) is 46.4 Å². The van der Waals surface area contributed by atoms with Gasteiger partial charge in [0.2, 0.25) is 0 Å². The molecule has 3 rings (SSSR count). The van der Waals surface area contributed by atoms with Gasteiger partial charge in [0, 0.05) is 13.1 Å². The maximum atomic E-state index is 12.8. The first kappa shape index (κ1) is 14.8. The lowest BCUT2D eigenvalue weighted by Crippen LogP contribution is -2.44. The lowest BCUT2D eigenvalue weighted by molar-refractivity contribution is -0.0124. The summed E-state index contributed by atoms with van der Waals surface area (Å²) in [4.78, 5) is 14.7. The van der Waals surface area contributed by atoms with Crippen molar-refractivity contribution in [2.75, 3.05) is 19.7 Å². The van der Waals surface area contributed by atoms with E-state index >= 15 is 0 Å². The van der Waals surface area contributed by atoms with E-state index in [4.69, 9.17) is 4.74 Å². The molecule has 1 unspecified atom stereocenters. The Labute approximate surface area is 130 Å². The van der Waals surface area contributed by atoms with Gasteiger partial charge in [0.25, 0.3) is 5.91 Å². The van der Waals surface area contributed by atoms with Gasteiger partial charge in [0.1, 0.15) is 0 Å². The molecule has 1 fully saturated rings. The van der Waals surface area contributed by atoms with Crippen LogP contribution in [0.3, 0.4) is 0 Å². The van der Waals surface area contributed by atoms with Gasteiger partial charge >= 0.3 is 0 Å². The molecule has 1 atom stereocenters. The fourth-order valence-electron chi connectivity index (χ4n) is 2.93. The molecule has 1 aromatic carbocycles. The number of morpholine rings is 1. The minimum absolute atomic E-state index is 0.0485. The summed E-state index contributed by atoms with van der Waals surface area (Å²) in [5, 5.41) is 4.55.